The molecule has 0 aromatic heterocycles. The third-order valence-electron chi connectivity index (χ3n) is 3.97. The number of benzene rings is 3. The minimum atomic E-state index is -4.50. The lowest BCUT2D eigenvalue weighted by molar-refractivity contribution is -0.137. The quantitative estimate of drug-likeness (QED) is 0.526. The maximum atomic E-state index is 12.8. The molecule has 0 spiro atoms. The van der Waals surface area contributed by atoms with E-state index in [0.29, 0.717) is 11.4 Å². The van der Waals surface area contributed by atoms with Crippen LogP contribution in [-0.2, 0) is 6.18 Å². The number of nitrogen functional groups attached to an aromatic ring is 1. The molecule has 3 aromatic carbocycles. The summed E-state index contributed by atoms with van der Waals surface area (Å²) in [5.74, 6) is -0.635. The molecule has 0 bridgehead atoms. The van der Waals surface area contributed by atoms with Gasteiger partial charge in [0, 0.05) is 26.7 Å². The second kappa shape index (κ2) is 7.98. The highest BCUT2D eigenvalue weighted by Gasteiger charge is 2.30. The predicted octanol–water partition coefficient (Wildman–Crippen LogP) is 6.00. The number of hydrogen-bond acceptors (Lipinski definition) is 3. The highest BCUT2D eigenvalue weighted by Crippen LogP contribution is 2.34. The van der Waals surface area contributed by atoms with Crippen LogP contribution in [0.3, 0.4) is 0 Å². The first-order valence-corrected chi connectivity index (χ1v) is 9.17. The highest BCUT2D eigenvalue weighted by atomic mass is 32.2. The number of nitrogens with one attached hydrogen (secondary N) is 1. The summed E-state index contributed by atoms with van der Waals surface area (Å²) in [4.78, 5) is 14.1. The van der Waals surface area contributed by atoms with Gasteiger partial charge < -0.3 is 11.1 Å². The van der Waals surface area contributed by atoms with Crippen molar-refractivity contribution in [1.82, 2.24) is 0 Å². The van der Waals surface area contributed by atoms with Gasteiger partial charge in [-0.2, -0.15) is 13.2 Å². The topological polar surface area (TPSA) is 55.1 Å². The SMILES string of the molecule is Cc1ccc(Sc2ccc(NC(=O)c3cccc(C(F)(F)F)c3)cc2N)cc1. The highest BCUT2D eigenvalue weighted by molar-refractivity contribution is 7.99. The van der Waals surface area contributed by atoms with E-state index in [0.717, 1.165) is 27.5 Å². The molecule has 1 amide bonds. The van der Waals surface area contributed by atoms with Gasteiger partial charge in [-0.3, -0.25) is 4.79 Å². The van der Waals surface area contributed by atoms with Gasteiger partial charge in [-0.25, -0.2) is 0 Å². The molecule has 0 radical (unpaired) electrons. The second-order valence-corrected chi connectivity index (χ2v) is 7.32. The molecular formula is C21H17F3N2OS. The van der Waals surface area contributed by atoms with E-state index in [1.807, 2.05) is 31.2 Å². The van der Waals surface area contributed by atoms with Crippen molar-refractivity contribution in [1.29, 1.82) is 0 Å². The zero-order valence-electron chi connectivity index (χ0n) is 14.9. The van der Waals surface area contributed by atoms with E-state index in [1.54, 1.807) is 18.2 Å². The Morgan fingerprint density at radius 1 is 1.00 bits per heavy atom. The van der Waals surface area contributed by atoms with E-state index in [9.17, 15) is 18.0 Å². The molecule has 0 saturated carbocycles. The molecule has 3 aromatic rings. The third-order valence-corrected chi connectivity index (χ3v) is 5.07. The van der Waals surface area contributed by atoms with Crippen LogP contribution in [0.5, 0.6) is 0 Å². The normalized spacial score (nSPS) is 11.3. The second-order valence-electron chi connectivity index (χ2n) is 6.20. The molecule has 144 valence electrons. The molecule has 0 unspecified atom stereocenters. The van der Waals surface area contributed by atoms with Gasteiger partial charge in [0.2, 0.25) is 0 Å². The van der Waals surface area contributed by atoms with Crippen molar-refractivity contribution in [3.63, 3.8) is 0 Å². The summed E-state index contributed by atoms with van der Waals surface area (Å²) in [7, 11) is 0. The Morgan fingerprint density at radius 3 is 2.36 bits per heavy atom. The zero-order chi connectivity index (χ0) is 20.3. The lowest BCUT2D eigenvalue weighted by Gasteiger charge is -2.11. The van der Waals surface area contributed by atoms with Gasteiger partial charge in [-0.15, -0.1) is 0 Å². The summed E-state index contributed by atoms with van der Waals surface area (Å²) in [6.45, 7) is 2.00. The number of alkyl halides is 3. The van der Waals surface area contributed by atoms with Crippen molar-refractivity contribution in [3.8, 4) is 0 Å². The molecule has 0 aliphatic heterocycles. The third kappa shape index (κ3) is 4.86. The molecule has 3 nitrogen and oxygen atoms in total. The Kier molecular flexibility index (Phi) is 5.65. The molecular weight excluding hydrogens is 385 g/mol. The summed E-state index contributed by atoms with van der Waals surface area (Å²) in [5, 5.41) is 2.58. The summed E-state index contributed by atoms with van der Waals surface area (Å²) < 4.78 is 38.4. The maximum absolute atomic E-state index is 12.8. The fourth-order valence-electron chi connectivity index (χ4n) is 2.49. The minimum Gasteiger partial charge on any atom is -0.398 e. The standard InChI is InChI=1S/C21H17F3N2OS/c1-13-5-8-17(9-6-13)28-19-10-7-16(12-18(19)25)26-20(27)14-3-2-4-15(11-14)21(22,23)24/h2-12H,25H2,1H3,(H,26,27). The first kappa shape index (κ1) is 19.8. The van der Waals surface area contributed by atoms with Crippen molar-refractivity contribution in [3.05, 3.63) is 83.4 Å². The number of aryl methyl sites for hydroxylation is 1. The number of carbonyl (C=O) groups is 1. The minimum absolute atomic E-state index is 0.0773. The molecule has 3 rings (SSSR count). The van der Waals surface area contributed by atoms with E-state index in [-0.39, 0.29) is 5.56 Å². The molecule has 3 N–H and O–H groups in total. The van der Waals surface area contributed by atoms with Crippen LogP contribution >= 0.6 is 11.8 Å². The Labute approximate surface area is 164 Å². The molecule has 0 aliphatic carbocycles. The van der Waals surface area contributed by atoms with E-state index < -0.39 is 17.6 Å². The molecule has 0 saturated heterocycles. The molecule has 0 atom stereocenters. The fraction of sp³-hybridized carbons (Fsp3) is 0.0952. The Morgan fingerprint density at radius 2 is 1.71 bits per heavy atom. The average molecular weight is 402 g/mol. The summed E-state index contributed by atoms with van der Waals surface area (Å²) in [6.07, 6.45) is -4.50. The summed E-state index contributed by atoms with van der Waals surface area (Å²) in [5.41, 5.74) is 7.16. The van der Waals surface area contributed by atoms with Gasteiger partial charge in [0.15, 0.2) is 0 Å². The van der Waals surface area contributed by atoms with Gasteiger partial charge in [0.1, 0.15) is 0 Å². The number of hydrogen-bond donors (Lipinski definition) is 2. The van der Waals surface area contributed by atoms with Crippen molar-refractivity contribution in [2.45, 2.75) is 22.9 Å². The van der Waals surface area contributed by atoms with Gasteiger partial charge >= 0.3 is 6.18 Å². The van der Waals surface area contributed by atoms with Crippen molar-refractivity contribution in [2.75, 3.05) is 11.1 Å². The Bertz CT molecular complexity index is 1000. The van der Waals surface area contributed by atoms with E-state index in [1.165, 1.54) is 23.9 Å². The van der Waals surface area contributed by atoms with Crippen LogP contribution in [0.2, 0.25) is 0 Å². The molecule has 28 heavy (non-hydrogen) atoms. The largest absolute Gasteiger partial charge is 0.416 e. The van der Waals surface area contributed by atoms with Gasteiger partial charge in [-0.05, 0) is 55.5 Å². The van der Waals surface area contributed by atoms with Crippen LogP contribution in [0.1, 0.15) is 21.5 Å². The monoisotopic (exact) mass is 402 g/mol. The first-order valence-electron chi connectivity index (χ1n) is 8.35. The Balaban J connectivity index is 1.74. The van der Waals surface area contributed by atoms with Crippen LogP contribution in [0.15, 0.2) is 76.5 Å². The average Bonchev–Trinajstić information content (AvgIpc) is 2.65. The van der Waals surface area contributed by atoms with Crippen LogP contribution in [0, 0.1) is 6.92 Å². The zero-order valence-corrected chi connectivity index (χ0v) is 15.7. The van der Waals surface area contributed by atoms with E-state index in [2.05, 4.69) is 5.32 Å². The predicted molar refractivity (Wildman–Crippen MR) is 106 cm³/mol. The lowest BCUT2D eigenvalue weighted by atomic mass is 10.1. The molecule has 0 fully saturated rings. The smallest absolute Gasteiger partial charge is 0.398 e. The van der Waals surface area contributed by atoms with Crippen LogP contribution in [0.25, 0.3) is 0 Å². The van der Waals surface area contributed by atoms with Crippen LogP contribution < -0.4 is 11.1 Å². The van der Waals surface area contributed by atoms with E-state index >= 15 is 0 Å². The van der Waals surface area contributed by atoms with Gasteiger partial charge in [0.05, 0.1) is 5.56 Å². The number of anilines is 2. The van der Waals surface area contributed by atoms with Crippen LogP contribution in [0.4, 0.5) is 24.5 Å². The maximum Gasteiger partial charge on any atom is 0.416 e. The van der Waals surface area contributed by atoms with Gasteiger partial charge in [-0.1, -0.05) is 35.5 Å². The number of halogens is 3. The number of nitrogens with two attached hydrogens (primary N) is 1. The van der Waals surface area contributed by atoms with Crippen molar-refractivity contribution >= 4 is 29.0 Å². The Hall–Kier alpha value is -2.93. The molecule has 0 aliphatic rings. The van der Waals surface area contributed by atoms with Crippen molar-refractivity contribution < 1.29 is 18.0 Å². The number of rotatable bonds is 4. The summed E-state index contributed by atoms with van der Waals surface area (Å²) >= 11 is 1.49. The van der Waals surface area contributed by atoms with Crippen molar-refractivity contribution in [2.24, 2.45) is 0 Å². The molecule has 0 heterocycles. The van der Waals surface area contributed by atoms with E-state index in [4.69, 9.17) is 5.73 Å². The van der Waals surface area contributed by atoms with Gasteiger partial charge in [0.25, 0.3) is 5.91 Å². The number of amides is 1. The fourth-order valence-corrected chi connectivity index (χ4v) is 3.33. The molecule has 7 heteroatoms. The summed E-state index contributed by atoms with van der Waals surface area (Å²) in [6, 6.07) is 17.3. The van der Waals surface area contributed by atoms with Crippen LogP contribution in [-0.4, -0.2) is 5.91 Å². The lowest BCUT2D eigenvalue weighted by Crippen LogP contribution is -2.14. The number of carbonyl (C=O) groups excluding carboxylic acids is 1. The first-order chi connectivity index (χ1) is 13.2.